The number of ether oxygens (including phenoxy) is 1. The molecule has 0 amide bonds. The highest BCUT2D eigenvalue weighted by molar-refractivity contribution is 5.52. The highest BCUT2D eigenvalue weighted by atomic mass is 19.1. The van der Waals surface area contributed by atoms with Crippen molar-refractivity contribution in [2.45, 2.75) is 20.8 Å². The van der Waals surface area contributed by atoms with Crippen LogP contribution in [0.4, 0.5) is 10.1 Å². The Labute approximate surface area is 83.9 Å². The number of anilines is 1. The van der Waals surface area contributed by atoms with Crippen molar-refractivity contribution < 1.29 is 9.13 Å². The zero-order valence-corrected chi connectivity index (χ0v) is 8.80. The minimum atomic E-state index is -0.408. The van der Waals surface area contributed by atoms with Gasteiger partial charge in [-0.25, -0.2) is 4.39 Å². The summed E-state index contributed by atoms with van der Waals surface area (Å²) >= 11 is 0. The molecule has 0 saturated carbocycles. The molecule has 14 heavy (non-hydrogen) atoms. The van der Waals surface area contributed by atoms with E-state index in [2.05, 4.69) is 0 Å². The van der Waals surface area contributed by atoms with E-state index < -0.39 is 5.82 Å². The molecule has 1 rings (SSSR count). The number of nitrogen functional groups attached to an aromatic ring is 1. The lowest BCUT2D eigenvalue weighted by Crippen LogP contribution is -2.17. The van der Waals surface area contributed by atoms with Crippen LogP contribution in [0.15, 0.2) is 18.2 Å². The van der Waals surface area contributed by atoms with Crippen LogP contribution in [0.1, 0.15) is 20.8 Å². The number of benzene rings is 1. The number of hydrogen-bond donors (Lipinski definition) is 1. The molecule has 0 aliphatic carbocycles. The molecule has 0 unspecified atom stereocenters. The van der Waals surface area contributed by atoms with Crippen LogP contribution in [0, 0.1) is 11.2 Å². The summed E-state index contributed by atoms with van der Waals surface area (Å²) in [7, 11) is 0. The van der Waals surface area contributed by atoms with Crippen LogP contribution in [0.2, 0.25) is 0 Å². The summed E-state index contributed by atoms with van der Waals surface area (Å²) in [4.78, 5) is 0. The quantitative estimate of drug-likeness (QED) is 0.740. The van der Waals surface area contributed by atoms with Crippen molar-refractivity contribution >= 4 is 5.69 Å². The molecule has 0 aliphatic rings. The highest BCUT2D eigenvalue weighted by Crippen LogP contribution is 2.26. The molecule has 0 saturated heterocycles. The van der Waals surface area contributed by atoms with Crippen molar-refractivity contribution in [2.24, 2.45) is 5.41 Å². The molecule has 0 bridgehead atoms. The SMILES string of the molecule is CC(C)(C)COc1c(N)cccc1F. The van der Waals surface area contributed by atoms with E-state index in [0.29, 0.717) is 12.3 Å². The number of rotatable bonds is 2. The number of hydrogen-bond acceptors (Lipinski definition) is 2. The van der Waals surface area contributed by atoms with E-state index >= 15 is 0 Å². The average molecular weight is 197 g/mol. The van der Waals surface area contributed by atoms with Gasteiger partial charge in [0.2, 0.25) is 0 Å². The van der Waals surface area contributed by atoms with Gasteiger partial charge in [-0.1, -0.05) is 26.8 Å². The summed E-state index contributed by atoms with van der Waals surface area (Å²) in [5.41, 5.74) is 5.92. The van der Waals surface area contributed by atoms with Crippen molar-refractivity contribution in [3.8, 4) is 5.75 Å². The molecule has 3 heteroatoms. The second-order valence-corrected chi connectivity index (χ2v) is 4.51. The molecule has 0 aliphatic heterocycles. The van der Waals surface area contributed by atoms with Gasteiger partial charge >= 0.3 is 0 Å². The Bertz CT molecular complexity index is 297. The molecule has 0 fully saturated rings. The zero-order valence-electron chi connectivity index (χ0n) is 8.80. The Morgan fingerprint density at radius 3 is 2.50 bits per heavy atom. The standard InChI is InChI=1S/C11H16FNO/c1-11(2,3)7-14-10-8(12)5-4-6-9(10)13/h4-6H,7,13H2,1-3H3. The van der Waals surface area contributed by atoms with E-state index in [1.165, 1.54) is 6.07 Å². The maximum atomic E-state index is 13.2. The van der Waals surface area contributed by atoms with Gasteiger partial charge in [0.25, 0.3) is 0 Å². The molecular formula is C11H16FNO. The van der Waals surface area contributed by atoms with Gasteiger partial charge in [0.1, 0.15) is 0 Å². The monoisotopic (exact) mass is 197 g/mol. The molecule has 0 aromatic heterocycles. The number of nitrogens with two attached hydrogens (primary N) is 1. The Balaban J connectivity index is 2.77. The fraction of sp³-hybridized carbons (Fsp3) is 0.455. The van der Waals surface area contributed by atoms with Crippen molar-refractivity contribution in [1.82, 2.24) is 0 Å². The molecule has 1 aromatic rings. The van der Waals surface area contributed by atoms with Gasteiger partial charge in [0.05, 0.1) is 12.3 Å². The minimum Gasteiger partial charge on any atom is -0.488 e. The third-order valence-corrected chi connectivity index (χ3v) is 1.65. The molecule has 0 atom stereocenters. The summed E-state index contributed by atoms with van der Waals surface area (Å²) in [5.74, 6) is -0.253. The first-order valence-electron chi connectivity index (χ1n) is 4.57. The lowest BCUT2D eigenvalue weighted by Gasteiger charge is -2.19. The predicted molar refractivity (Wildman–Crippen MR) is 55.8 cm³/mol. The fourth-order valence-corrected chi connectivity index (χ4v) is 0.966. The third-order valence-electron chi connectivity index (χ3n) is 1.65. The number of para-hydroxylation sites is 1. The largest absolute Gasteiger partial charge is 0.488 e. The van der Waals surface area contributed by atoms with Crippen LogP contribution in [0.5, 0.6) is 5.75 Å². The molecule has 0 spiro atoms. The van der Waals surface area contributed by atoms with Crippen LogP contribution in [0.25, 0.3) is 0 Å². The smallest absolute Gasteiger partial charge is 0.177 e. The molecule has 78 valence electrons. The normalized spacial score (nSPS) is 11.4. The summed E-state index contributed by atoms with van der Waals surface area (Å²) in [6, 6.07) is 4.53. The first-order chi connectivity index (χ1) is 6.40. The van der Waals surface area contributed by atoms with E-state index in [-0.39, 0.29) is 11.2 Å². The molecular weight excluding hydrogens is 181 g/mol. The number of halogens is 1. The Morgan fingerprint density at radius 1 is 1.36 bits per heavy atom. The van der Waals surface area contributed by atoms with Gasteiger partial charge in [-0.2, -0.15) is 0 Å². The average Bonchev–Trinajstić information content (AvgIpc) is 2.01. The summed E-state index contributed by atoms with van der Waals surface area (Å²) in [6.45, 7) is 6.50. The maximum absolute atomic E-state index is 13.2. The van der Waals surface area contributed by atoms with Crippen molar-refractivity contribution in [1.29, 1.82) is 0 Å². The first-order valence-corrected chi connectivity index (χ1v) is 4.57. The first kappa shape index (κ1) is 10.8. The Morgan fingerprint density at radius 2 is 2.00 bits per heavy atom. The van der Waals surface area contributed by atoms with E-state index in [9.17, 15) is 4.39 Å². The summed E-state index contributed by atoms with van der Waals surface area (Å²) < 4.78 is 18.6. The van der Waals surface area contributed by atoms with E-state index in [0.717, 1.165) is 0 Å². The summed E-state index contributed by atoms with van der Waals surface area (Å²) in [6.07, 6.45) is 0. The van der Waals surface area contributed by atoms with Crippen LogP contribution in [-0.2, 0) is 0 Å². The van der Waals surface area contributed by atoms with Crippen LogP contribution >= 0.6 is 0 Å². The maximum Gasteiger partial charge on any atom is 0.177 e. The predicted octanol–water partition coefficient (Wildman–Crippen LogP) is 2.83. The topological polar surface area (TPSA) is 35.2 Å². The molecule has 0 heterocycles. The van der Waals surface area contributed by atoms with E-state index in [4.69, 9.17) is 10.5 Å². The minimum absolute atomic E-state index is 0.00524. The van der Waals surface area contributed by atoms with Gasteiger partial charge in [-0.15, -0.1) is 0 Å². The second kappa shape index (κ2) is 3.86. The van der Waals surface area contributed by atoms with Gasteiger partial charge < -0.3 is 10.5 Å². The molecule has 2 nitrogen and oxygen atoms in total. The van der Waals surface area contributed by atoms with Crippen molar-refractivity contribution in [3.05, 3.63) is 24.0 Å². The summed E-state index contributed by atoms with van der Waals surface area (Å²) in [5, 5.41) is 0. The van der Waals surface area contributed by atoms with Crippen molar-refractivity contribution in [2.75, 3.05) is 12.3 Å². The van der Waals surface area contributed by atoms with E-state index in [1.54, 1.807) is 12.1 Å². The van der Waals surface area contributed by atoms with Gasteiger partial charge in [-0.05, 0) is 17.5 Å². The van der Waals surface area contributed by atoms with Crippen LogP contribution < -0.4 is 10.5 Å². The lowest BCUT2D eigenvalue weighted by molar-refractivity contribution is 0.192. The van der Waals surface area contributed by atoms with Gasteiger partial charge in [0.15, 0.2) is 11.6 Å². The highest BCUT2D eigenvalue weighted by Gasteiger charge is 2.14. The molecule has 0 radical (unpaired) electrons. The van der Waals surface area contributed by atoms with Crippen molar-refractivity contribution in [3.63, 3.8) is 0 Å². The van der Waals surface area contributed by atoms with E-state index in [1.807, 2.05) is 20.8 Å². The third kappa shape index (κ3) is 2.91. The van der Waals surface area contributed by atoms with Crippen LogP contribution in [0.3, 0.4) is 0 Å². The molecule has 1 aromatic carbocycles. The molecule has 2 N–H and O–H groups in total. The Hall–Kier alpha value is -1.25. The van der Waals surface area contributed by atoms with Gasteiger partial charge in [0, 0.05) is 0 Å². The zero-order chi connectivity index (χ0) is 10.8. The second-order valence-electron chi connectivity index (χ2n) is 4.51. The Kier molecular flexibility index (Phi) is 2.99. The van der Waals surface area contributed by atoms with Gasteiger partial charge in [-0.3, -0.25) is 0 Å². The van der Waals surface area contributed by atoms with Crippen LogP contribution in [-0.4, -0.2) is 6.61 Å². The lowest BCUT2D eigenvalue weighted by atomic mass is 9.99. The fourth-order valence-electron chi connectivity index (χ4n) is 0.966.